The Balaban J connectivity index is 2.27. The summed E-state index contributed by atoms with van der Waals surface area (Å²) in [5, 5.41) is 3.48. The van der Waals surface area contributed by atoms with Crippen LogP contribution in [0.15, 0.2) is 18.2 Å². The van der Waals surface area contributed by atoms with Crippen molar-refractivity contribution in [3.8, 4) is 0 Å². The first kappa shape index (κ1) is 11.9. The first-order valence-electron chi connectivity index (χ1n) is 6.10. The maximum absolute atomic E-state index is 7.07. The van der Waals surface area contributed by atoms with Crippen molar-refractivity contribution in [2.75, 3.05) is 18.0 Å². The molecule has 3 nitrogen and oxygen atoms in total. The van der Waals surface area contributed by atoms with Crippen molar-refractivity contribution in [2.45, 2.75) is 32.9 Å². The Kier molecular flexibility index (Phi) is 3.35. The fourth-order valence-electron chi connectivity index (χ4n) is 2.33. The zero-order valence-corrected chi connectivity index (χ0v) is 10.7. The first-order valence-corrected chi connectivity index (χ1v) is 6.10. The van der Waals surface area contributed by atoms with Crippen LogP contribution in [-0.2, 0) is 0 Å². The van der Waals surface area contributed by atoms with Crippen LogP contribution < -0.4 is 10.2 Å². The van der Waals surface area contributed by atoms with Crippen LogP contribution >= 0.6 is 0 Å². The second-order valence-corrected chi connectivity index (χ2v) is 4.89. The molecular weight excluding hydrogens is 210 g/mol. The zero-order valence-electron chi connectivity index (χ0n) is 10.7. The van der Waals surface area contributed by atoms with Crippen LogP contribution in [0.3, 0.4) is 0 Å². The number of rotatable bonds is 1. The van der Waals surface area contributed by atoms with Crippen LogP contribution in [0.2, 0.25) is 0 Å². The van der Waals surface area contributed by atoms with Crippen molar-refractivity contribution in [3.05, 3.63) is 35.2 Å². The topological polar surface area (TPSA) is 19.6 Å². The van der Waals surface area contributed by atoms with Crippen LogP contribution in [0.4, 0.5) is 11.4 Å². The average molecular weight is 229 g/mol. The third-order valence-electron chi connectivity index (χ3n) is 3.40. The molecule has 1 heterocycles. The van der Waals surface area contributed by atoms with Gasteiger partial charge in [0.1, 0.15) is 0 Å². The molecule has 1 aliphatic heterocycles. The van der Waals surface area contributed by atoms with Gasteiger partial charge in [-0.3, -0.25) is 0 Å². The number of anilines is 1. The Labute approximate surface area is 103 Å². The van der Waals surface area contributed by atoms with E-state index in [0.29, 0.717) is 12.1 Å². The van der Waals surface area contributed by atoms with Crippen LogP contribution in [0, 0.1) is 13.5 Å². The number of nitrogens with one attached hydrogen (secondary N) is 1. The molecule has 2 rings (SSSR count). The molecule has 0 unspecified atom stereocenters. The Morgan fingerprint density at radius 3 is 2.82 bits per heavy atom. The molecule has 1 fully saturated rings. The summed E-state index contributed by atoms with van der Waals surface area (Å²) in [4.78, 5) is 5.93. The van der Waals surface area contributed by atoms with E-state index in [4.69, 9.17) is 6.57 Å². The van der Waals surface area contributed by atoms with Crippen molar-refractivity contribution in [3.63, 3.8) is 0 Å². The van der Waals surface area contributed by atoms with Crippen molar-refractivity contribution < 1.29 is 0 Å². The summed E-state index contributed by atoms with van der Waals surface area (Å²) >= 11 is 0. The summed E-state index contributed by atoms with van der Waals surface area (Å²) in [6.07, 6.45) is 0. The van der Waals surface area contributed by atoms with Crippen LogP contribution in [0.1, 0.15) is 19.4 Å². The quantitative estimate of drug-likeness (QED) is 0.747. The SMILES string of the molecule is [C-]#[N+]c1ccc(N2C[C@@H](C)NC[C@@H]2C)cc1C. The van der Waals surface area contributed by atoms with Gasteiger partial charge < -0.3 is 10.2 Å². The lowest BCUT2D eigenvalue weighted by Gasteiger charge is -2.39. The van der Waals surface area contributed by atoms with E-state index in [1.165, 1.54) is 5.69 Å². The predicted molar refractivity (Wildman–Crippen MR) is 71.7 cm³/mol. The lowest BCUT2D eigenvalue weighted by molar-refractivity contribution is 0.425. The maximum atomic E-state index is 7.07. The summed E-state index contributed by atoms with van der Waals surface area (Å²) < 4.78 is 0. The number of aryl methyl sites for hydroxylation is 1. The van der Waals surface area contributed by atoms with Crippen LogP contribution in [0.5, 0.6) is 0 Å². The molecule has 17 heavy (non-hydrogen) atoms. The van der Waals surface area contributed by atoms with Gasteiger partial charge in [0, 0.05) is 30.9 Å². The molecule has 0 saturated carbocycles. The highest BCUT2D eigenvalue weighted by Gasteiger charge is 2.22. The molecule has 2 atom stereocenters. The standard InChI is InChI=1S/C14H19N3/c1-10-7-13(5-6-14(10)15-4)17-9-11(2)16-8-12(17)3/h5-7,11-12,16H,8-9H2,1-3H3/t11-,12+/m1/s1. The van der Waals surface area contributed by atoms with E-state index in [2.05, 4.69) is 41.0 Å². The van der Waals surface area contributed by atoms with Crippen molar-refractivity contribution >= 4 is 11.4 Å². The molecular formula is C14H19N3. The Morgan fingerprint density at radius 2 is 2.18 bits per heavy atom. The largest absolute Gasteiger partial charge is 0.366 e. The van der Waals surface area contributed by atoms with Gasteiger partial charge in [-0.1, -0.05) is 6.07 Å². The number of hydrogen-bond donors (Lipinski definition) is 1. The first-order chi connectivity index (χ1) is 8.11. The lowest BCUT2D eigenvalue weighted by atomic mass is 10.1. The molecule has 0 aromatic heterocycles. The van der Waals surface area contributed by atoms with Gasteiger partial charge in [0.2, 0.25) is 0 Å². The number of nitrogens with zero attached hydrogens (tertiary/aromatic N) is 2. The van der Waals surface area contributed by atoms with Crippen LogP contribution in [0.25, 0.3) is 4.85 Å². The maximum Gasteiger partial charge on any atom is 0.190 e. The molecule has 1 saturated heterocycles. The van der Waals surface area contributed by atoms with E-state index in [9.17, 15) is 0 Å². The van der Waals surface area contributed by atoms with Gasteiger partial charge in [0.15, 0.2) is 5.69 Å². The zero-order chi connectivity index (χ0) is 12.4. The van der Waals surface area contributed by atoms with Gasteiger partial charge in [0.25, 0.3) is 0 Å². The summed E-state index contributed by atoms with van der Waals surface area (Å²) in [6, 6.07) is 7.14. The van der Waals surface area contributed by atoms with Crippen molar-refractivity contribution in [1.29, 1.82) is 0 Å². The van der Waals surface area contributed by atoms with Gasteiger partial charge in [0.05, 0.1) is 6.57 Å². The highest BCUT2D eigenvalue weighted by atomic mass is 15.2. The molecule has 0 amide bonds. The van der Waals surface area contributed by atoms with E-state index < -0.39 is 0 Å². The van der Waals surface area contributed by atoms with Crippen molar-refractivity contribution in [2.24, 2.45) is 0 Å². The third-order valence-corrected chi connectivity index (χ3v) is 3.40. The van der Waals surface area contributed by atoms with E-state index in [0.717, 1.165) is 24.3 Å². The minimum atomic E-state index is 0.504. The fourth-order valence-corrected chi connectivity index (χ4v) is 2.33. The van der Waals surface area contributed by atoms with Crippen LogP contribution in [-0.4, -0.2) is 25.2 Å². The van der Waals surface area contributed by atoms with Crippen molar-refractivity contribution in [1.82, 2.24) is 5.32 Å². The molecule has 1 N–H and O–H groups in total. The van der Waals surface area contributed by atoms with Gasteiger partial charge in [-0.2, -0.15) is 0 Å². The summed E-state index contributed by atoms with van der Waals surface area (Å²) in [5.41, 5.74) is 3.05. The van der Waals surface area contributed by atoms with Gasteiger partial charge in [-0.25, -0.2) is 4.85 Å². The minimum Gasteiger partial charge on any atom is -0.366 e. The molecule has 0 aliphatic carbocycles. The number of hydrogen-bond acceptors (Lipinski definition) is 2. The number of piperazine rings is 1. The fraction of sp³-hybridized carbons (Fsp3) is 0.500. The molecule has 1 aromatic carbocycles. The average Bonchev–Trinajstić information content (AvgIpc) is 2.32. The van der Waals surface area contributed by atoms with E-state index >= 15 is 0 Å². The molecule has 0 radical (unpaired) electrons. The minimum absolute atomic E-state index is 0.504. The summed E-state index contributed by atoms with van der Waals surface area (Å²) in [7, 11) is 0. The second kappa shape index (κ2) is 4.77. The highest BCUT2D eigenvalue weighted by Crippen LogP contribution is 2.26. The van der Waals surface area contributed by atoms with E-state index in [1.54, 1.807) is 0 Å². The molecule has 90 valence electrons. The van der Waals surface area contributed by atoms with Gasteiger partial charge >= 0.3 is 0 Å². The lowest BCUT2D eigenvalue weighted by Crippen LogP contribution is -2.54. The molecule has 1 aliphatic rings. The van der Waals surface area contributed by atoms with E-state index in [1.807, 2.05) is 13.0 Å². The number of benzene rings is 1. The molecule has 1 aromatic rings. The third kappa shape index (κ3) is 2.42. The Morgan fingerprint density at radius 1 is 1.41 bits per heavy atom. The molecule has 3 heteroatoms. The second-order valence-electron chi connectivity index (χ2n) is 4.89. The highest BCUT2D eigenvalue weighted by molar-refractivity contribution is 5.61. The predicted octanol–water partition coefficient (Wildman–Crippen LogP) is 2.73. The van der Waals surface area contributed by atoms with Gasteiger partial charge in [-0.15, -0.1) is 0 Å². The Bertz CT molecular complexity index is 447. The Hall–Kier alpha value is -1.53. The summed E-state index contributed by atoms with van der Waals surface area (Å²) in [6.45, 7) is 15.6. The van der Waals surface area contributed by atoms with Gasteiger partial charge in [-0.05, 0) is 38.5 Å². The normalized spacial score (nSPS) is 24.5. The van der Waals surface area contributed by atoms with E-state index in [-0.39, 0.29) is 0 Å². The monoisotopic (exact) mass is 229 g/mol. The summed E-state index contributed by atoms with van der Waals surface area (Å²) in [5.74, 6) is 0. The smallest absolute Gasteiger partial charge is 0.190 e. The molecule has 0 spiro atoms. The molecule has 0 bridgehead atoms.